The topological polar surface area (TPSA) is 121 Å². The lowest BCUT2D eigenvalue weighted by Gasteiger charge is -2.13. The average molecular weight is 538 g/mol. The van der Waals surface area contributed by atoms with Gasteiger partial charge in [0.2, 0.25) is 11.8 Å². The van der Waals surface area contributed by atoms with E-state index in [1.807, 2.05) is 18.2 Å². The van der Waals surface area contributed by atoms with E-state index in [1.54, 1.807) is 35.9 Å². The highest BCUT2D eigenvalue weighted by molar-refractivity contribution is 7.92. The number of sulfonamides is 1. The Morgan fingerprint density at radius 1 is 0.921 bits per heavy atom. The maximum Gasteiger partial charge on any atom is 0.264 e. The number of aromatic nitrogens is 3. The van der Waals surface area contributed by atoms with Crippen LogP contribution >= 0.6 is 0 Å². The zero-order chi connectivity index (χ0) is 27.0. The predicted octanol–water partition coefficient (Wildman–Crippen LogP) is 4.77. The Bertz CT molecular complexity index is 1770. The van der Waals surface area contributed by atoms with Crippen LogP contribution in [-0.4, -0.2) is 37.2 Å². The first-order valence-electron chi connectivity index (χ1n) is 11.1. The molecule has 3 aromatic carbocycles. The van der Waals surface area contributed by atoms with Gasteiger partial charge < -0.3 is 15.2 Å². The van der Waals surface area contributed by atoms with Gasteiger partial charge >= 0.3 is 0 Å². The van der Waals surface area contributed by atoms with Crippen molar-refractivity contribution in [3.8, 4) is 28.4 Å². The zero-order valence-corrected chi connectivity index (χ0v) is 21.0. The van der Waals surface area contributed by atoms with E-state index in [1.165, 1.54) is 19.4 Å². The van der Waals surface area contributed by atoms with Crippen LogP contribution in [0, 0.1) is 11.6 Å². The van der Waals surface area contributed by atoms with Gasteiger partial charge in [-0.25, -0.2) is 27.2 Å². The van der Waals surface area contributed by atoms with E-state index in [2.05, 4.69) is 14.7 Å². The Labute approximate surface area is 216 Å². The lowest BCUT2D eigenvalue weighted by molar-refractivity contribution is 0.400. The van der Waals surface area contributed by atoms with Crippen molar-refractivity contribution in [3.63, 3.8) is 0 Å². The summed E-state index contributed by atoms with van der Waals surface area (Å²) in [7, 11) is -1.53. The summed E-state index contributed by atoms with van der Waals surface area (Å²) >= 11 is 0. The predicted molar refractivity (Wildman–Crippen MR) is 139 cm³/mol. The van der Waals surface area contributed by atoms with E-state index in [0.29, 0.717) is 34.0 Å². The number of ether oxygens (including phenoxy) is 2. The van der Waals surface area contributed by atoms with Crippen molar-refractivity contribution >= 4 is 32.7 Å². The second kappa shape index (κ2) is 9.63. The number of anilines is 2. The number of rotatable bonds is 7. The summed E-state index contributed by atoms with van der Waals surface area (Å²) in [5, 5.41) is 0. The normalized spacial score (nSPS) is 11.5. The molecule has 2 aromatic heterocycles. The maximum atomic E-state index is 14.2. The molecule has 0 saturated heterocycles. The molecule has 0 fully saturated rings. The highest BCUT2D eigenvalue weighted by atomic mass is 32.2. The van der Waals surface area contributed by atoms with Gasteiger partial charge in [0, 0.05) is 23.5 Å². The van der Waals surface area contributed by atoms with E-state index >= 15 is 0 Å². The first-order valence-corrected chi connectivity index (χ1v) is 12.6. The lowest BCUT2D eigenvalue weighted by atomic mass is 10.1. The van der Waals surface area contributed by atoms with Gasteiger partial charge in [0.25, 0.3) is 10.0 Å². The highest BCUT2D eigenvalue weighted by Crippen LogP contribution is 2.33. The van der Waals surface area contributed by atoms with Gasteiger partial charge in [0.1, 0.15) is 28.0 Å². The third-order valence-electron chi connectivity index (χ3n) is 5.82. The SMILES string of the molecule is COc1ccc(-n2c(N)nc3ccc(-c4cnc(OC)c(NS(=O)(=O)c5ccc(F)cc5F)c4)cc32)cc1. The molecule has 0 aliphatic rings. The Hall–Kier alpha value is -4.71. The third-order valence-corrected chi connectivity index (χ3v) is 7.22. The van der Waals surface area contributed by atoms with Crippen LogP contribution in [0.4, 0.5) is 20.4 Å². The molecular weight excluding hydrogens is 516 g/mol. The van der Waals surface area contributed by atoms with Crippen LogP contribution in [0.2, 0.25) is 0 Å². The minimum absolute atomic E-state index is 0.0306. The van der Waals surface area contributed by atoms with Gasteiger partial charge in [-0.1, -0.05) is 6.07 Å². The van der Waals surface area contributed by atoms with Gasteiger partial charge in [0.15, 0.2) is 0 Å². The fraction of sp³-hybridized carbons (Fsp3) is 0.0769. The molecule has 0 bridgehead atoms. The number of nitrogens with two attached hydrogens (primary N) is 1. The van der Waals surface area contributed by atoms with Crippen LogP contribution in [0.25, 0.3) is 27.8 Å². The highest BCUT2D eigenvalue weighted by Gasteiger charge is 2.22. The van der Waals surface area contributed by atoms with Crippen LogP contribution in [0.15, 0.2) is 77.8 Å². The molecule has 0 unspecified atom stereocenters. The van der Waals surface area contributed by atoms with Crippen LogP contribution in [0.3, 0.4) is 0 Å². The molecular formula is C26H21F2N5O4S. The summed E-state index contributed by atoms with van der Waals surface area (Å²) in [5.74, 6) is -1.18. The van der Waals surface area contributed by atoms with E-state index < -0.39 is 26.6 Å². The number of nitrogens with one attached hydrogen (secondary N) is 1. The number of halogens is 2. The molecule has 38 heavy (non-hydrogen) atoms. The number of methoxy groups -OCH3 is 2. The summed E-state index contributed by atoms with van der Waals surface area (Å²) in [6, 6.07) is 16.4. The molecule has 0 atom stereocenters. The van der Waals surface area contributed by atoms with Crippen molar-refractivity contribution in [1.82, 2.24) is 14.5 Å². The molecule has 9 nitrogen and oxygen atoms in total. The van der Waals surface area contributed by atoms with Gasteiger partial charge in [-0.05, 0) is 60.2 Å². The molecule has 3 N–H and O–H groups in total. The number of nitrogen functional groups attached to an aromatic ring is 1. The number of imidazole rings is 1. The Morgan fingerprint density at radius 3 is 2.37 bits per heavy atom. The molecule has 5 rings (SSSR count). The Kier molecular flexibility index (Phi) is 6.33. The van der Waals surface area contributed by atoms with E-state index in [4.69, 9.17) is 15.2 Å². The van der Waals surface area contributed by atoms with Crippen molar-refractivity contribution in [2.75, 3.05) is 24.7 Å². The number of pyridine rings is 1. The van der Waals surface area contributed by atoms with Gasteiger partial charge in [0.05, 0.1) is 25.3 Å². The molecule has 0 saturated carbocycles. The summed E-state index contributed by atoms with van der Waals surface area (Å²) in [5.41, 5.74) is 9.52. The first-order chi connectivity index (χ1) is 18.2. The van der Waals surface area contributed by atoms with Gasteiger partial charge in [-0.3, -0.25) is 9.29 Å². The Morgan fingerprint density at radius 2 is 1.68 bits per heavy atom. The van der Waals surface area contributed by atoms with E-state index in [-0.39, 0.29) is 17.5 Å². The number of hydrogen-bond acceptors (Lipinski definition) is 7. The molecule has 0 aliphatic heterocycles. The molecule has 0 radical (unpaired) electrons. The van der Waals surface area contributed by atoms with Crippen LogP contribution in [-0.2, 0) is 10.0 Å². The summed E-state index contributed by atoms with van der Waals surface area (Å²) in [4.78, 5) is 7.92. The van der Waals surface area contributed by atoms with Crippen molar-refractivity contribution < 1.29 is 26.7 Å². The van der Waals surface area contributed by atoms with E-state index in [9.17, 15) is 17.2 Å². The monoisotopic (exact) mass is 537 g/mol. The quantitative estimate of drug-likeness (QED) is 0.307. The first kappa shape index (κ1) is 25.0. The summed E-state index contributed by atoms with van der Waals surface area (Å²) in [6.07, 6.45) is 1.51. The van der Waals surface area contributed by atoms with Crippen molar-refractivity contribution in [1.29, 1.82) is 0 Å². The summed E-state index contributed by atoms with van der Waals surface area (Å²) < 4.78 is 67.8. The van der Waals surface area contributed by atoms with Gasteiger partial charge in [-0.15, -0.1) is 0 Å². The van der Waals surface area contributed by atoms with Crippen LogP contribution in [0.1, 0.15) is 0 Å². The zero-order valence-electron chi connectivity index (χ0n) is 20.1. The average Bonchev–Trinajstić information content (AvgIpc) is 3.23. The molecule has 0 aliphatic carbocycles. The second-order valence-corrected chi connectivity index (χ2v) is 9.82. The number of nitrogens with zero attached hydrogens (tertiary/aromatic N) is 3. The minimum atomic E-state index is -4.42. The number of hydrogen-bond donors (Lipinski definition) is 2. The van der Waals surface area contributed by atoms with Crippen molar-refractivity contribution in [3.05, 3.63) is 84.6 Å². The molecule has 194 valence electrons. The second-order valence-electron chi connectivity index (χ2n) is 8.17. The van der Waals surface area contributed by atoms with Crippen molar-refractivity contribution in [2.45, 2.75) is 4.90 Å². The van der Waals surface area contributed by atoms with Crippen LogP contribution < -0.4 is 19.9 Å². The maximum absolute atomic E-state index is 14.2. The fourth-order valence-electron chi connectivity index (χ4n) is 4.01. The summed E-state index contributed by atoms with van der Waals surface area (Å²) in [6.45, 7) is 0. The standard InChI is InChI=1S/C26H21F2N5O4S/c1-36-19-7-5-18(6-8-19)33-23-12-15(3-9-21(23)31-26(33)29)16-11-22(25(37-2)30-14-16)32-38(34,35)24-10-4-17(27)13-20(24)28/h3-14,32H,1-2H3,(H2,29,31). The number of fused-ring (bicyclic) bond motifs is 1. The molecule has 5 aromatic rings. The van der Waals surface area contributed by atoms with Gasteiger partial charge in [-0.2, -0.15) is 0 Å². The third kappa shape index (κ3) is 4.57. The molecule has 0 spiro atoms. The molecule has 12 heteroatoms. The minimum Gasteiger partial charge on any atom is -0.497 e. The smallest absolute Gasteiger partial charge is 0.264 e. The van der Waals surface area contributed by atoms with E-state index in [0.717, 1.165) is 17.8 Å². The molecule has 2 heterocycles. The number of benzene rings is 3. The fourth-order valence-corrected chi connectivity index (χ4v) is 5.12. The largest absolute Gasteiger partial charge is 0.497 e. The Balaban J connectivity index is 1.57. The molecule has 0 amide bonds. The van der Waals surface area contributed by atoms with Crippen LogP contribution in [0.5, 0.6) is 11.6 Å². The van der Waals surface area contributed by atoms with Crippen molar-refractivity contribution in [2.24, 2.45) is 0 Å². The lowest BCUT2D eigenvalue weighted by Crippen LogP contribution is -2.15.